The Balaban J connectivity index is 2.12. The molecule has 2 rings (SSSR count). The first-order valence-electron chi connectivity index (χ1n) is 5.61. The lowest BCUT2D eigenvalue weighted by Crippen LogP contribution is -2.44. The molecule has 1 atom stereocenters. The highest BCUT2D eigenvalue weighted by atomic mass is 35.5. The zero-order chi connectivity index (χ0) is 11.5. The summed E-state index contributed by atoms with van der Waals surface area (Å²) in [6.45, 7) is 6.36. The van der Waals surface area contributed by atoms with Crippen LogP contribution in [0.15, 0.2) is 18.2 Å². The van der Waals surface area contributed by atoms with Crippen molar-refractivity contribution in [1.82, 2.24) is 10.2 Å². The van der Waals surface area contributed by atoms with Crippen LogP contribution in [0.5, 0.6) is 5.75 Å². The molecule has 1 aliphatic heterocycles. The monoisotopic (exact) mass is 240 g/mol. The Morgan fingerprint density at radius 2 is 2.06 bits per heavy atom. The summed E-state index contributed by atoms with van der Waals surface area (Å²) in [4.78, 5) is 2.42. The van der Waals surface area contributed by atoms with Crippen LogP contribution < -0.4 is 5.32 Å². The van der Waals surface area contributed by atoms with Crippen molar-refractivity contribution in [2.45, 2.75) is 13.0 Å². The number of aromatic hydroxyl groups is 1. The standard InChI is InChI=1S/C12H17ClN2O/c1-9(15-6-4-14-5-7-15)10-2-3-12(16)11(13)8-10/h2-3,8-9,14,16H,4-7H2,1H3/t9-/m0/s1. The minimum absolute atomic E-state index is 0.151. The molecule has 0 radical (unpaired) electrons. The van der Waals surface area contributed by atoms with E-state index in [4.69, 9.17) is 11.6 Å². The number of nitrogens with one attached hydrogen (secondary N) is 1. The first-order chi connectivity index (χ1) is 7.68. The van der Waals surface area contributed by atoms with E-state index in [0.717, 1.165) is 31.7 Å². The van der Waals surface area contributed by atoms with Gasteiger partial charge < -0.3 is 10.4 Å². The molecule has 4 heteroatoms. The summed E-state index contributed by atoms with van der Waals surface area (Å²) in [6, 6.07) is 5.80. The molecule has 16 heavy (non-hydrogen) atoms. The van der Waals surface area contributed by atoms with Gasteiger partial charge >= 0.3 is 0 Å². The Bertz CT molecular complexity index is 364. The van der Waals surface area contributed by atoms with E-state index in [0.29, 0.717) is 11.1 Å². The van der Waals surface area contributed by atoms with E-state index in [1.807, 2.05) is 12.1 Å². The van der Waals surface area contributed by atoms with Gasteiger partial charge in [-0.25, -0.2) is 0 Å². The highest BCUT2D eigenvalue weighted by Gasteiger charge is 2.18. The molecule has 0 amide bonds. The van der Waals surface area contributed by atoms with Gasteiger partial charge in [-0.05, 0) is 24.6 Å². The largest absolute Gasteiger partial charge is 0.506 e. The predicted octanol–water partition coefficient (Wildman–Crippen LogP) is 2.01. The number of nitrogens with zero attached hydrogens (tertiary/aromatic N) is 1. The molecule has 1 saturated heterocycles. The molecule has 1 heterocycles. The zero-order valence-electron chi connectivity index (χ0n) is 9.41. The van der Waals surface area contributed by atoms with Crippen molar-refractivity contribution in [2.24, 2.45) is 0 Å². The summed E-state index contributed by atoms with van der Waals surface area (Å²) in [5, 5.41) is 13.1. The quantitative estimate of drug-likeness (QED) is 0.830. The van der Waals surface area contributed by atoms with Crippen LogP contribution in [0, 0.1) is 0 Å². The Kier molecular flexibility index (Phi) is 3.69. The maximum atomic E-state index is 9.38. The van der Waals surface area contributed by atoms with Crippen LogP contribution in [0.3, 0.4) is 0 Å². The molecule has 0 aromatic heterocycles. The molecular weight excluding hydrogens is 224 g/mol. The van der Waals surface area contributed by atoms with Crippen molar-refractivity contribution in [3.05, 3.63) is 28.8 Å². The van der Waals surface area contributed by atoms with Gasteiger partial charge in [-0.1, -0.05) is 17.7 Å². The van der Waals surface area contributed by atoms with Crippen LogP contribution >= 0.6 is 11.6 Å². The molecule has 2 N–H and O–H groups in total. The summed E-state index contributed by atoms with van der Waals surface area (Å²) in [6.07, 6.45) is 0. The smallest absolute Gasteiger partial charge is 0.134 e. The topological polar surface area (TPSA) is 35.5 Å². The lowest BCUT2D eigenvalue weighted by atomic mass is 10.1. The van der Waals surface area contributed by atoms with Gasteiger partial charge in [0.1, 0.15) is 5.75 Å². The number of benzene rings is 1. The normalized spacial score (nSPS) is 19.6. The molecule has 88 valence electrons. The molecular formula is C12H17ClN2O. The fourth-order valence-corrected chi connectivity index (χ4v) is 2.25. The molecule has 0 aliphatic carbocycles. The first kappa shape index (κ1) is 11.7. The first-order valence-corrected chi connectivity index (χ1v) is 5.99. The van der Waals surface area contributed by atoms with Crippen LogP contribution in [0.4, 0.5) is 0 Å². The van der Waals surface area contributed by atoms with Crippen molar-refractivity contribution in [3.8, 4) is 5.75 Å². The second kappa shape index (κ2) is 5.04. The molecule has 0 bridgehead atoms. The number of phenols is 1. The van der Waals surface area contributed by atoms with Gasteiger partial charge in [0.25, 0.3) is 0 Å². The van der Waals surface area contributed by atoms with E-state index < -0.39 is 0 Å². The average Bonchev–Trinajstić information content (AvgIpc) is 2.33. The zero-order valence-corrected chi connectivity index (χ0v) is 10.2. The summed E-state index contributed by atoms with van der Waals surface area (Å²) < 4.78 is 0. The molecule has 1 fully saturated rings. The van der Waals surface area contributed by atoms with E-state index in [2.05, 4.69) is 17.1 Å². The minimum Gasteiger partial charge on any atom is -0.506 e. The fourth-order valence-electron chi connectivity index (χ4n) is 2.06. The predicted molar refractivity (Wildman–Crippen MR) is 66.0 cm³/mol. The van der Waals surface area contributed by atoms with E-state index in [1.165, 1.54) is 0 Å². The number of halogens is 1. The third kappa shape index (κ3) is 2.48. The van der Waals surface area contributed by atoms with Crippen molar-refractivity contribution >= 4 is 11.6 Å². The van der Waals surface area contributed by atoms with Crippen molar-refractivity contribution < 1.29 is 5.11 Å². The third-order valence-corrected chi connectivity index (χ3v) is 3.46. The van der Waals surface area contributed by atoms with Gasteiger partial charge in [0.15, 0.2) is 0 Å². The maximum absolute atomic E-state index is 9.38. The van der Waals surface area contributed by atoms with Crippen LogP contribution in [0.1, 0.15) is 18.5 Å². The van der Waals surface area contributed by atoms with Crippen molar-refractivity contribution in [1.29, 1.82) is 0 Å². The third-order valence-electron chi connectivity index (χ3n) is 3.15. The molecule has 0 spiro atoms. The van der Waals surface area contributed by atoms with Gasteiger partial charge in [-0.15, -0.1) is 0 Å². The number of rotatable bonds is 2. The summed E-state index contributed by atoms with van der Waals surface area (Å²) in [5.41, 5.74) is 1.16. The van der Waals surface area contributed by atoms with Crippen molar-refractivity contribution in [2.75, 3.05) is 26.2 Å². The summed E-state index contributed by atoms with van der Waals surface area (Å²) >= 11 is 5.92. The van der Waals surface area contributed by atoms with E-state index >= 15 is 0 Å². The van der Waals surface area contributed by atoms with Crippen LogP contribution in [-0.4, -0.2) is 36.2 Å². The number of phenolic OH excluding ortho intramolecular Hbond substituents is 1. The number of hydrogen-bond donors (Lipinski definition) is 2. The minimum atomic E-state index is 0.151. The lowest BCUT2D eigenvalue weighted by molar-refractivity contribution is 0.185. The van der Waals surface area contributed by atoms with Gasteiger partial charge in [0.05, 0.1) is 5.02 Å². The lowest BCUT2D eigenvalue weighted by Gasteiger charge is -2.33. The number of hydrogen-bond acceptors (Lipinski definition) is 3. The van der Waals surface area contributed by atoms with E-state index in [-0.39, 0.29) is 5.75 Å². The summed E-state index contributed by atoms with van der Waals surface area (Å²) in [5.74, 6) is 0.151. The second-order valence-corrected chi connectivity index (χ2v) is 4.58. The highest BCUT2D eigenvalue weighted by molar-refractivity contribution is 6.32. The average molecular weight is 241 g/mol. The van der Waals surface area contributed by atoms with Gasteiger partial charge in [-0.3, -0.25) is 4.90 Å². The van der Waals surface area contributed by atoms with Gasteiger partial charge in [0, 0.05) is 32.2 Å². The molecule has 1 aromatic rings. The van der Waals surface area contributed by atoms with Crippen LogP contribution in [0.2, 0.25) is 5.02 Å². The number of piperazine rings is 1. The second-order valence-electron chi connectivity index (χ2n) is 4.17. The Morgan fingerprint density at radius 3 is 2.69 bits per heavy atom. The molecule has 1 aromatic carbocycles. The molecule has 0 saturated carbocycles. The Morgan fingerprint density at radius 1 is 1.38 bits per heavy atom. The Labute approximate surface area is 101 Å². The molecule has 1 aliphatic rings. The van der Waals surface area contributed by atoms with Crippen LogP contribution in [-0.2, 0) is 0 Å². The van der Waals surface area contributed by atoms with E-state index in [1.54, 1.807) is 6.07 Å². The van der Waals surface area contributed by atoms with Gasteiger partial charge in [0.2, 0.25) is 0 Å². The van der Waals surface area contributed by atoms with E-state index in [9.17, 15) is 5.11 Å². The maximum Gasteiger partial charge on any atom is 0.134 e. The highest BCUT2D eigenvalue weighted by Crippen LogP contribution is 2.28. The van der Waals surface area contributed by atoms with Crippen LogP contribution in [0.25, 0.3) is 0 Å². The Hall–Kier alpha value is -0.770. The summed E-state index contributed by atoms with van der Waals surface area (Å²) in [7, 11) is 0. The SMILES string of the molecule is C[C@@H](c1ccc(O)c(Cl)c1)N1CCNCC1. The molecule has 0 unspecified atom stereocenters. The molecule has 3 nitrogen and oxygen atoms in total. The fraction of sp³-hybridized carbons (Fsp3) is 0.500. The van der Waals surface area contributed by atoms with Crippen molar-refractivity contribution in [3.63, 3.8) is 0 Å². The van der Waals surface area contributed by atoms with Gasteiger partial charge in [-0.2, -0.15) is 0 Å².